The van der Waals surface area contributed by atoms with E-state index in [2.05, 4.69) is 21.3 Å². The summed E-state index contributed by atoms with van der Waals surface area (Å²) in [7, 11) is 0. The number of aliphatic hydroxyl groups is 1. The molecule has 3 rings (SSSR count). The van der Waals surface area contributed by atoms with Crippen molar-refractivity contribution >= 4 is 41.0 Å². The third kappa shape index (κ3) is 8.60. The Hall–Kier alpha value is -3.80. The summed E-state index contributed by atoms with van der Waals surface area (Å²) in [4.78, 5) is 80.1. The van der Waals surface area contributed by atoms with E-state index in [9.17, 15) is 33.9 Å². The Morgan fingerprint density at radius 2 is 1.76 bits per heavy atom. The maximum Gasteiger partial charge on any atom is 0.246 e. The number of benzene rings is 1. The van der Waals surface area contributed by atoms with Crippen LogP contribution < -0.4 is 21.3 Å². The SMILES string of the molecule is CC[C@]1(C)NC(=O)[C@H](CCCCCC(=O)[C@@H](C)O)NC(=O)[C@H]2CCCN2C(=O)[C@H](CC(=O)Nc2ccccc2)NC1=O. The topological polar surface area (TPSA) is 174 Å². The number of hydrogen-bond acceptors (Lipinski definition) is 7. The predicted molar refractivity (Wildman–Crippen MR) is 155 cm³/mol. The van der Waals surface area contributed by atoms with E-state index in [1.807, 2.05) is 0 Å². The number of carbonyl (C=O) groups is 6. The van der Waals surface area contributed by atoms with Crippen molar-refractivity contribution in [3.63, 3.8) is 0 Å². The molecule has 5 N–H and O–H groups in total. The molecule has 0 unspecified atom stereocenters. The summed E-state index contributed by atoms with van der Waals surface area (Å²) in [5, 5.41) is 20.4. The monoisotopic (exact) mass is 585 g/mol. The molecule has 12 nitrogen and oxygen atoms in total. The van der Waals surface area contributed by atoms with Crippen LogP contribution in [0.3, 0.4) is 0 Å². The molecule has 0 aliphatic carbocycles. The van der Waals surface area contributed by atoms with Crippen LogP contribution in [0, 0.1) is 0 Å². The minimum absolute atomic E-state index is 0.191. The van der Waals surface area contributed by atoms with Crippen LogP contribution in [0.1, 0.15) is 78.6 Å². The van der Waals surface area contributed by atoms with Gasteiger partial charge in [-0.1, -0.05) is 38.0 Å². The second kappa shape index (κ2) is 14.9. The number of rotatable bonds is 11. The number of unbranched alkanes of at least 4 members (excludes halogenated alkanes) is 2. The molecular weight excluding hydrogens is 542 g/mol. The van der Waals surface area contributed by atoms with Gasteiger partial charge >= 0.3 is 0 Å². The van der Waals surface area contributed by atoms with Crippen LogP contribution in [-0.4, -0.2) is 81.6 Å². The van der Waals surface area contributed by atoms with E-state index >= 15 is 0 Å². The van der Waals surface area contributed by atoms with Crippen molar-refractivity contribution in [3.8, 4) is 0 Å². The molecule has 2 aliphatic heterocycles. The third-order valence-electron chi connectivity index (χ3n) is 8.01. The van der Waals surface area contributed by atoms with Crippen LogP contribution in [0.2, 0.25) is 0 Å². The predicted octanol–water partition coefficient (Wildman–Crippen LogP) is 1.17. The van der Waals surface area contributed by atoms with Crippen molar-refractivity contribution in [1.29, 1.82) is 0 Å². The second-order valence-electron chi connectivity index (χ2n) is 11.3. The number of fused-ring (bicyclic) bond motifs is 1. The summed E-state index contributed by atoms with van der Waals surface area (Å²) in [6.45, 7) is 4.96. The van der Waals surface area contributed by atoms with Crippen LogP contribution in [0.25, 0.3) is 0 Å². The lowest BCUT2D eigenvalue weighted by Crippen LogP contribution is -2.65. The van der Waals surface area contributed by atoms with Crippen molar-refractivity contribution in [2.24, 2.45) is 0 Å². The lowest BCUT2D eigenvalue weighted by molar-refractivity contribution is -0.145. The van der Waals surface area contributed by atoms with Gasteiger partial charge in [0.25, 0.3) is 0 Å². The molecule has 2 fully saturated rings. The molecule has 0 spiro atoms. The number of carbonyl (C=O) groups excluding carboxylic acids is 6. The number of nitrogens with zero attached hydrogens (tertiary/aromatic N) is 1. The van der Waals surface area contributed by atoms with Crippen molar-refractivity contribution in [2.75, 3.05) is 11.9 Å². The summed E-state index contributed by atoms with van der Waals surface area (Å²) < 4.78 is 0. The van der Waals surface area contributed by atoms with E-state index in [1.165, 1.54) is 18.7 Å². The van der Waals surface area contributed by atoms with Gasteiger partial charge in [-0.3, -0.25) is 28.8 Å². The minimum atomic E-state index is -1.41. The third-order valence-corrected chi connectivity index (χ3v) is 8.01. The highest BCUT2D eigenvalue weighted by atomic mass is 16.3. The van der Waals surface area contributed by atoms with E-state index in [0.29, 0.717) is 37.8 Å². The Morgan fingerprint density at radius 1 is 1.05 bits per heavy atom. The van der Waals surface area contributed by atoms with Crippen LogP contribution in [0.5, 0.6) is 0 Å². The van der Waals surface area contributed by atoms with Gasteiger partial charge in [0.2, 0.25) is 29.5 Å². The molecule has 0 bridgehead atoms. The molecule has 42 heavy (non-hydrogen) atoms. The molecule has 2 heterocycles. The number of nitrogens with one attached hydrogen (secondary N) is 4. The number of aliphatic hydroxyl groups excluding tert-OH is 1. The largest absolute Gasteiger partial charge is 0.386 e. The van der Waals surface area contributed by atoms with Gasteiger partial charge in [0.05, 0.1) is 6.42 Å². The average molecular weight is 586 g/mol. The molecular formula is C30H43N5O7. The number of anilines is 1. The fourth-order valence-electron chi connectivity index (χ4n) is 5.17. The number of ketones is 1. The van der Waals surface area contributed by atoms with Crippen molar-refractivity contribution < 1.29 is 33.9 Å². The van der Waals surface area contributed by atoms with Crippen molar-refractivity contribution in [2.45, 2.75) is 108 Å². The van der Waals surface area contributed by atoms with Gasteiger partial charge in [0, 0.05) is 18.7 Å². The summed E-state index contributed by atoms with van der Waals surface area (Å²) >= 11 is 0. The molecule has 2 aliphatic rings. The number of para-hydroxylation sites is 1. The first kappa shape index (κ1) is 32.7. The summed E-state index contributed by atoms with van der Waals surface area (Å²) in [5.41, 5.74) is -0.874. The lowest BCUT2D eigenvalue weighted by atomic mass is 9.94. The zero-order valence-corrected chi connectivity index (χ0v) is 24.6. The van der Waals surface area contributed by atoms with Gasteiger partial charge < -0.3 is 31.3 Å². The zero-order valence-electron chi connectivity index (χ0n) is 24.6. The second-order valence-corrected chi connectivity index (χ2v) is 11.3. The van der Waals surface area contributed by atoms with E-state index < -0.39 is 59.3 Å². The van der Waals surface area contributed by atoms with Crippen molar-refractivity contribution in [1.82, 2.24) is 20.9 Å². The Balaban J connectivity index is 1.79. The van der Waals surface area contributed by atoms with E-state index in [1.54, 1.807) is 37.3 Å². The summed E-state index contributed by atoms with van der Waals surface area (Å²) in [5.74, 6) is -2.88. The highest BCUT2D eigenvalue weighted by Crippen LogP contribution is 2.22. The van der Waals surface area contributed by atoms with Gasteiger partial charge in [0.15, 0.2) is 5.78 Å². The molecule has 5 amide bonds. The van der Waals surface area contributed by atoms with Gasteiger partial charge in [-0.25, -0.2) is 0 Å². The molecule has 2 saturated heterocycles. The molecule has 1 aromatic carbocycles. The number of Topliss-reactive ketones (excluding diaryl/α,β-unsaturated/α-hetero) is 1. The Labute approximate surface area is 246 Å². The first-order valence-corrected chi connectivity index (χ1v) is 14.7. The molecule has 0 radical (unpaired) electrons. The number of hydrogen-bond donors (Lipinski definition) is 5. The molecule has 0 saturated carbocycles. The quantitative estimate of drug-likeness (QED) is 0.242. The molecule has 1 aromatic rings. The highest BCUT2D eigenvalue weighted by Gasteiger charge is 2.43. The average Bonchev–Trinajstić information content (AvgIpc) is 3.45. The van der Waals surface area contributed by atoms with Crippen LogP contribution >= 0.6 is 0 Å². The Kier molecular flexibility index (Phi) is 11.6. The van der Waals surface area contributed by atoms with Gasteiger partial charge in [-0.15, -0.1) is 0 Å². The van der Waals surface area contributed by atoms with Crippen LogP contribution in [-0.2, 0) is 28.8 Å². The van der Waals surface area contributed by atoms with Gasteiger partial charge in [-0.05, 0) is 58.1 Å². The van der Waals surface area contributed by atoms with E-state index in [4.69, 9.17) is 0 Å². The zero-order chi connectivity index (χ0) is 30.9. The molecule has 230 valence electrons. The first-order chi connectivity index (χ1) is 19.9. The first-order valence-electron chi connectivity index (χ1n) is 14.7. The molecule has 5 atom stereocenters. The maximum absolute atomic E-state index is 13.7. The van der Waals surface area contributed by atoms with Crippen LogP contribution in [0.15, 0.2) is 30.3 Å². The van der Waals surface area contributed by atoms with Crippen molar-refractivity contribution in [3.05, 3.63) is 30.3 Å². The normalized spacial score (nSPS) is 25.7. The summed E-state index contributed by atoms with van der Waals surface area (Å²) in [6, 6.07) is 5.69. The maximum atomic E-state index is 13.7. The van der Waals surface area contributed by atoms with Gasteiger partial charge in [0.1, 0.15) is 29.8 Å². The molecule has 0 aromatic heterocycles. The van der Waals surface area contributed by atoms with Crippen LogP contribution in [0.4, 0.5) is 5.69 Å². The molecule has 12 heteroatoms. The minimum Gasteiger partial charge on any atom is -0.386 e. The van der Waals surface area contributed by atoms with E-state index in [0.717, 1.165) is 0 Å². The Morgan fingerprint density at radius 3 is 2.43 bits per heavy atom. The fraction of sp³-hybridized carbons (Fsp3) is 0.600. The smallest absolute Gasteiger partial charge is 0.246 e. The highest BCUT2D eigenvalue weighted by molar-refractivity contribution is 6.01. The van der Waals surface area contributed by atoms with Gasteiger partial charge in [-0.2, -0.15) is 0 Å². The Bertz CT molecular complexity index is 1160. The van der Waals surface area contributed by atoms with E-state index in [-0.39, 0.29) is 38.0 Å². The standard InChI is InChI=1S/C30H43N5O7/c1-4-30(3)29(42)33-22(18-25(38)31-20-12-7-5-8-13-20)28(41)35-17-11-15-23(35)27(40)32-21(26(39)34-30)14-9-6-10-16-24(37)19(2)36/h5,7-8,12-13,19,21-23,36H,4,6,9-11,14-18H2,1-3H3,(H,31,38)(H,32,40)(H,33,42)(H,34,39)/t19-,21+,22+,23-,30+/m1/s1. The fourth-order valence-corrected chi connectivity index (χ4v) is 5.17. The lowest BCUT2D eigenvalue weighted by Gasteiger charge is -2.35. The number of amides is 5. The summed E-state index contributed by atoms with van der Waals surface area (Å²) in [6.07, 6.45) is 1.91.